The minimum atomic E-state index is -0.668. The molecular weight excluding hydrogens is 496 g/mol. The Morgan fingerprint density at radius 1 is 1.03 bits per heavy atom. The van der Waals surface area contributed by atoms with E-state index >= 15 is 0 Å². The van der Waals surface area contributed by atoms with Crippen molar-refractivity contribution >= 4 is 35.3 Å². The lowest BCUT2D eigenvalue weighted by atomic mass is 9.78. The molecule has 0 bridgehead atoms. The van der Waals surface area contributed by atoms with Crippen molar-refractivity contribution in [2.75, 3.05) is 61.4 Å². The zero-order chi connectivity index (χ0) is 27.6. The van der Waals surface area contributed by atoms with E-state index in [1.54, 1.807) is 6.20 Å². The van der Waals surface area contributed by atoms with Gasteiger partial charge in [-0.25, -0.2) is 19.7 Å². The van der Waals surface area contributed by atoms with Gasteiger partial charge >= 0.3 is 6.09 Å². The van der Waals surface area contributed by atoms with Gasteiger partial charge in [-0.1, -0.05) is 19.3 Å². The van der Waals surface area contributed by atoms with Gasteiger partial charge in [-0.2, -0.15) is 4.98 Å². The van der Waals surface area contributed by atoms with E-state index in [1.165, 1.54) is 4.90 Å². The Morgan fingerprint density at radius 2 is 1.77 bits per heavy atom. The summed E-state index contributed by atoms with van der Waals surface area (Å²) < 4.78 is 5.56. The Hall–Kier alpha value is -3.47. The van der Waals surface area contributed by atoms with Crippen LogP contribution in [0.2, 0.25) is 0 Å². The average molecular weight is 537 g/mol. The number of piperazine rings is 2. The summed E-state index contributed by atoms with van der Waals surface area (Å²) in [5, 5.41) is 3.22. The molecule has 210 valence electrons. The maximum atomic E-state index is 13.2. The average Bonchev–Trinajstić information content (AvgIpc) is 2.90. The van der Waals surface area contributed by atoms with E-state index in [1.807, 2.05) is 39.1 Å². The van der Waals surface area contributed by atoms with E-state index < -0.39 is 11.7 Å². The van der Waals surface area contributed by atoms with Gasteiger partial charge in [0.25, 0.3) is 5.91 Å². The molecule has 4 heterocycles. The predicted molar refractivity (Wildman–Crippen MR) is 150 cm³/mol. The highest BCUT2D eigenvalue weighted by molar-refractivity contribution is 5.96. The van der Waals surface area contributed by atoms with E-state index in [0.717, 1.165) is 64.0 Å². The molecule has 1 spiro atoms. The van der Waals surface area contributed by atoms with Crippen molar-refractivity contribution in [1.29, 1.82) is 0 Å². The molecule has 1 N–H and O–H groups in total. The molecule has 11 heteroatoms. The summed E-state index contributed by atoms with van der Waals surface area (Å²) in [5.74, 6) is 1.46. The molecule has 2 saturated heterocycles. The minimum Gasteiger partial charge on any atom is -0.443 e. The van der Waals surface area contributed by atoms with Crippen molar-refractivity contribution in [3.63, 3.8) is 0 Å². The second-order valence-corrected chi connectivity index (χ2v) is 11.9. The van der Waals surface area contributed by atoms with Crippen LogP contribution < -0.4 is 15.1 Å². The molecule has 0 unspecified atom stereocenters. The van der Waals surface area contributed by atoms with E-state index in [9.17, 15) is 9.59 Å². The summed E-state index contributed by atoms with van der Waals surface area (Å²) in [5.41, 5.74) is 0.0545. The predicted octanol–water partition coefficient (Wildman–Crippen LogP) is 3.65. The molecule has 2 aromatic heterocycles. The number of ether oxygens (including phenoxy) is 1. The Morgan fingerprint density at radius 3 is 2.44 bits per heavy atom. The topological polar surface area (TPSA) is 107 Å². The van der Waals surface area contributed by atoms with Crippen molar-refractivity contribution in [3.05, 3.63) is 30.6 Å². The van der Waals surface area contributed by atoms with Crippen molar-refractivity contribution in [2.24, 2.45) is 0 Å². The van der Waals surface area contributed by atoms with Gasteiger partial charge < -0.3 is 24.8 Å². The Kier molecular flexibility index (Phi) is 7.61. The number of aromatic nitrogens is 3. The summed E-state index contributed by atoms with van der Waals surface area (Å²) in [7, 11) is 2.14. The molecule has 3 aliphatic rings. The van der Waals surface area contributed by atoms with Gasteiger partial charge in [0.05, 0.1) is 30.5 Å². The molecule has 3 fully saturated rings. The molecule has 39 heavy (non-hydrogen) atoms. The third kappa shape index (κ3) is 6.24. The van der Waals surface area contributed by atoms with E-state index in [0.29, 0.717) is 24.1 Å². The molecule has 5 rings (SSSR count). The van der Waals surface area contributed by atoms with Crippen LogP contribution in [0.15, 0.2) is 30.6 Å². The molecule has 0 aromatic carbocycles. The number of imide groups is 1. The number of nitrogens with one attached hydrogen (secondary N) is 1. The van der Waals surface area contributed by atoms with E-state index in [2.05, 4.69) is 43.1 Å². The molecule has 0 atom stereocenters. The number of rotatable bonds is 4. The van der Waals surface area contributed by atoms with Crippen molar-refractivity contribution in [2.45, 2.75) is 64.0 Å². The number of pyridine rings is 1. The first-order valence-corrected chi connectivity index (χ1v) is 13.9. The van der Waals surface area contributed by atoms with Crippen LogP contribution in [0.4, 0.5) is 28.1 Å². The summed E-state index contributed by atoms with van der Waals surface area (Å²) in [4.78, 5) is 47.9. The maximum Gasteiger partial charge on any atom is 0.417 e. The summed E-state index contributed by atoms with van der Waals surface area (Å²) in [6.07, 6.45) is 7.96. The fourth-order valence-corrected chi connectivity index (χ4v) is 5.69. The number of nitrogens with zero attached hydrogens (tertiary/aromatic N) is 7. The highest BCUT2D eigenvalue weighted by Gasteiger charge is 2.48. The van der Waals surface area contributed by atoms with Gasteiger partial charge in [0.15, 0.2) is 0 Å². The van der Waals surface area contributed by atoms with Crippen LogP contribution in [-0.4, -0.2) is 94.2 Å². The van der Waals surface area contributed by atoms with Gasteiger partial charge in [0.1, 0.15) is 17.2 Å². The molecule has 2 aliphatic heterocycles. The van der Waals surface area contributed by atoms with Gasteiger partial charge in [-0.15, -0.1) is 0 Å². The largest absolute Gasteiger partial charge is 0.443 e. The summed E-state index contributed by atoms with van der Waals surface area (Å²) in [6, 6.07) is 5.84. The number of carbonyl (C=O) groups is 2. The lowest BCUT2D eigenvalue weighted by Crippen LogP contribution is -2.66. The smallest absolute Gasteiger partial charge is 0.417 e. The van der Waals surface area contributed by atoms with Crippen molar-refractivity contribution in [3.8, 4) is 0 Å². The molecular formula is C28H40N8O3. The second kappa shape index (κ2) is 11.0. The number of hydrogen-bond donors (Lipinski definition) is 1. The highest BCUT2D eigenvalue weighted by atomic mass is 16.6. The van der Waals surface area contributed by atoms with Gasteiger partial charge in [0.2, 0.25) is 5.95 Å². The van der Waals surface area contributed by atoms with Crippen LogP contribution in [0, 0.1) is 0 Å². The lowest BCUT2D eigenvalue weighted by Gasteiger charge is -2.52. The number of carbonyl (C=O) groups excluding carboxylic acids is 2. The van der Waals surface area contributed by atoms with Crippen LogP contribution in [0.3, 0.4) is 0 Å². The molecule has 0 radical (unpaired) electrons. The third-order valence-corrected chi connectivity index (χ3v) is 7.79. The summed E-state index contributed by atoms with van der Waals surface area (Å²) in [6.45, 7) is 9.84. The van der Waals surface area contributed by atoms with Gasteiger partial charge in [-0.3, -0.25) is 4.79 Å². The van der Waals surface area contributed by atoms with E-state index in [-0.39, 0.29) is 18.0 Å². The van der Waals surface area contributed by atoms with Crippen molar-refractivity contribution < 1.29 is 14.3 Å². The van der Waals surface area contributed by atoms with Gasteiger partial charge in [0, 0.05) is 32.4 Å². The second-order valence-electron chi connectivity index (χ2n) is 11.9. The Bertz CT molecular complexity index is 1170. The first kappa shape index (κ1) is 27.1. The number of likely N-dealkylation sites (N-methyl/N-ethyl adjacent to an activating group) is 1. The van der Waals surface area contributed by atoms with Crippen LogP contribution in [0.25, 0.3) is 0 Å². The monoisotopic (exact) mass is 536 g/mol. The molecule has 2 amide bonds. The minimum absolute atomic E-state index is 0.0632. The fourth-order valence-electron chi connectivity index (χ4n) is 5.69. The number of anilines is 4. The third-order valence-electron chi connectivity index (χ3n) is 7.79. The Balaban J connectivity index is 1.33. The lowest BCUT2D eigenvalue weighted by molar-refractivity contribution is -0.132. The van der Waals surface area contributed by atoms with Crippen molar-refractivity contribution in [1.82, 2.24) is 24.8 Å². The first-order valence-electron chi connectivity index (χ1n) is 13.9. The quantitative estimate of drug-likeness (QED) is 0.622. The number of amides is 2. The van der Waals surface area contributed by atoms with Crippen LogP contribution in [-0.2, 0) is 9.53 Å². The molecule has 2 aromatic rings. The first-order chi connectivity index (χ1) is 18.6. The maximum absolute atomic E-state index is 13.2. The summed E-state index contributed by atoms with van der Waals surface area (Å²) >= 11 is 0. The highest BCUT2D eigenvalue weighted by Crippen LogP contribution is 2.39. The zero-order valence-corrected chi connectivity index (χ0v) is 23.5. The van der Waals surface area contributed by atoms with E-state index in [4.69, 9.17) is 9.72 Å². The SMILES string of the molecule is CN1CCN(c2ccc(Nc3nccc(N4CC(=O)N(C(=O)OC(C)(C)C)CC45CCCCC5)n3)nc2)CC1. The zero-order valence-electron chi connectivity index (χ0n) is 23.5. The van der Waals surface area contributed by atoms with Crippen LogP contribution in [0.1, 0.15) is 52.9 Å². The van der Waals surface area contributed by atoms with Gasteiger partial charge in [-0.05, 0) is 58.9 Å². The molecule has 1 saturated carbocycles. The Labute approximate surface area is 230 Å². The standard InChI is InChI=1S/C28H40N8O3/c1-27(2,3)39-26(38)35-20-28(11-6-5-7-12-28)36(19-24(35)37)23-10-13-29-25(32-23)31-22-9-8-21(18-30-22)34-16-14-33(4)15-17-34/h8-10,13,18H,5-7,11-12,14-17,19-20H2,1-4H3,(H,29,30,31,32). The normalized spacial score (nSPS) is 20.3. The fraction of sp³-hybridized carbons (Fsp3) is 0.607. The van der Waals surface area contributed by atoms with Crippen LogP contribution >= 0.6 is 0 Å². The molecule has 1 aliphatic carbocycles. The molecule has 11 nitrogen and oxygen atoms in total. The number of hydrogen-bond acceptors (Lipinski definition) is 10. The van der Waals surface area contributed by atoms with Crippen LogP contribution in [0.5, 0.6) is 0 Å².